The van der Waals surface area contributed by atoms with Crippen LogP contribution in [-0.2, 0) is 0 Å². The second-order valence-corrected chi connectivity index (χ2v) is 1.43. The van der Waals surface area contributed by atoms with Crippen LogP contribution in [-0.4, -0.2) is 6.72 Å². The van der Waals surface area contributed by atoms with Crippen molar-refractivity contribution >= 4 is 6.72 Å². The van der Waals surface area contributed by atoms with Crippen molar-refractivity contribution in [3.05, 3.63) is 24.0 Å². The number of allylic oxidation sites excluding steroid dienone is 3. The van der Waals surface area contributed by atoms with E-state index in [9.17, 15) is 0 Å². The molecule has 0 amide bonds. The molecule has 0 saturated carbocycles. The van der Waals surface area contributed by atoms with Crippen molar-refractivity contribution in [3.8, 4) is 0 Å². The first kappa shape index (κ1) is 6.95. The van der Waals surface area contributed by atoms with E-state index in [0.29, 0.717) is 0 Å². The molecule has 0 aliphatic carbocycles. The molecule has 2 N–H and O–H groups in total. The Bertz CT molecular complexity index is 118. The monoisotopic (exact) mass is 110 g/mol. The van der Waals surface area contributed by atoms with E-state index in [2.05, 4.69) is 11.7 Å². The second-order valence-electron chi connectivity index (χ2n) is 1.43. The topological polar surface area (TPSA) is 38.4 Å². The van der Waals surface area contributed by atoms with Crippen LogP contribution in [0.3, 0.4) is 0 Å². The molecule has 0 bridgehead atoms. The summed E-state index contributed by atoms with van der Waals surface area (Å²) < 4.78 is 0. The fourth-order valence-corrected chi connectivity index (χ4v) is 0.256. The summed E-state index contributed by atoms with van der Waals surface area (Å²) in [6, 6.07) is 0. The van der Waals surface area contributed by atoms with Crippen LogP contribution in [0.25, 0.3) is 0 Å². The number of nitrogens with zero attached hydrogens (tertiary/aromatic N) is 1. The molecular formula is C6H10N2. The van der Waals surface area contributed by atoms with Crippen LogP contribution in [0.15, 0.2) is 29.0 Å². The van der Waals surface area contributed by atoms with Crippen molar-refractivity contribution in [3.63, 3.8) is 0 Å². The molecule has 0 saturated heterocycles. The zero-order chi connectivity index (χ0) is 6.41. The number of hydrogen-bond acceptors (Lipinski definition) is 2. The minimum Gasteiger partial charge on any atom is -0.402 e. The molecule has 2 heteroatoms. The first-order chi connectivity index (χ1) is 3.77. The van der Waals surface area contributed by atoms with Gasteiger partial charge in [0.25, 0.3) is 0 Å². The summed E-state index contributed by atoms with van der Waals surface area (Å²) in [7, 11) is 0. The number of aliphatic imine (C=N–C) groups is 1. The van der Waals surface area contributed by atoms with E-state index in [1.54, 1.807) is 18.4 Å². The van der Waals surface area contributed by atoms with Crippen molar-refractivity contribution in [1.82, 2.24) is 0 Å². The Balaban J connectivity index is 3.57. The molecule has 0 aromatic heterocycles. The molecule has 0 spiro atoms. The van der Waals surface area contributed by atoms with Gasteiger partial charge in [-0.15, -0.1) is 0 Å². The van der Waals surface area contributed by atoms with E-state index >= 15 is 0 Å². The Morgan fingerprint density at radius 1 is 1.75 bits per heavy atom. The highest BCUT2D eigenvalue weighted by Crippen LogP contribution is 1.80. The fourth-order valence-electron chi connectivity index (χ4n) is 0.256. The van der Waals surface area contributed by atoms with Crippen LogP contribution in [0.4, 0.5) is 0 Å². The predicted molar refractivity (Wildman–Crippen MR) is 36.6 cm³/mol. The molecule has 2 nitrogen and oxygen atoms in total. The third-order valence-corrected chi connectivity index (χ3v) is 0.551. The maximum absolute atomic E-state index is 5.28. The number of nitrogens with two attached hydrogens (primary N) is 1. The highest BCUT2D eigenvalue weighted by atomic mass is 14.6. The molecule has 0 aromatic carbocycles. The van der Waals surface area contributed by atoms with Gasteiger partial charge < -0.3 is 5.73 Å². The van der Waals surface area contributed by atoms with Gasteiger partial charge >= 0.3 is 0 Å². The van der Waals surface area contributed by atoms with Gasteiger partial charge in [0.05, 0.1) is 0 Å². The molecule has 0 rings (SSSR count). The zero-order valence-corrected chi connectivity index (χ0v) is 4.96. The largest absolute Gasteiger partial charge is 0.402 e. The predicted octanol–water partition coefficient (Wildman–Crippen LogP) is 1.06. The fraction of sp³-hybridized carbons (Fsp3) is 0.167. The van der Waals surface area contributed by atoms with Gasteiger partial charge in [-0.2, -0.15) is 0 Å². The lowest BCUT2D eigenvalue weighted by Gasteiger charge is -1.80. The highest BCUT2D eigenvalue weighted by molar-refractivity contribution is 5.26. The molecule has 0 atom stereocenters. The molecule has 0 aromatic rings. The molecule has 0 unspecified atom stereocenters. The van der Waals surface area contributed by atoms with Gasteiger partial charge in [0.15, 0.2) is 0 Å². The lowest BCUT2D eigenvalue weighted by Crippen LogP contribution is -1.87. The Morgan fingerprint density at radius 3 is 2.75 bits per heavy atom. The van der Waals surface area contributed by atoms with Crippen molar-refractivity contribution in [2.45, 2.75) is 6.92 Å². The van der Waals surface area contributed by atoms with Gasteiger partial charge in [0.1, 0.15) is 0 Å². The summed E-state index contributed by atoms with van der Waals surface area (Å²) in [5.41, 5.74) is 6.05. The second kappa shape index (κ2) is 4.12. The minimum absolute atomic E-state index is 0.768. The van der Waals surface area contributed by atoms with Gasteiger partial charge in [0.2, 0.25) is 0 Å². The maximum atomic E-state index is 5.28. The van der Waals surface area contributed by atoms with Crippen LogP contribution in [0.1, 0.15) is 6.92 Å². The first-order valence-corrected chi connectivity index (χ1v) is 2.32. The van der Waals surface area contributed by atoms with E-state index in [1.807, 2.05) is 6.92 Å². The SMILES string of the molecule is C=N/C=C\C=C(\C)N. The average Bonchev–Trinajstić information content (AvgIpc) is 1.66. The summed E-state index contributed by atoms with van der Waals surface area (Å²) in [6.45, 7) is 5.06. The van der Waals surface area contributed by atoms with Crippen molar-refractivity contribution < 1.29 is 0 Å². The summed E-state index contributed by atoms with van der Waals surface area (Å²) in [6.07, 6.45) is 5.08. The van der Waals surface area contributed by atoms with E-state index < -0.39 is 0 Å². The van der Waals surface area contributed by atoms with E-state index in [0.717, 1.165) is 5.70 Å². The van der Waals surface area contributed by atoms with Crippen LogP contribution in [0.2, 0.25) is 0 Å². The smallest absolute Gasteiger partial charge is 0.0261 e. The molecule has 0 fully saturated rings. The van der Waals surface area contributed by atoms with Crippen LogP contribution < -0.4 is 5.73 Å². The quantitative estimate of drug-likeness (QED) is 0.419. The number of hydrogen-bond donors (Lipinski definition) is 1. The molecule has 8 heavy (non-hydrogen) atoms. The van der Waals surface area contributed by atoms with E-state index in [1.165, 1.54) is 0 Å². The molecule has 0 aliphatic heterocycles. The highest BCUT2D eigenvalue weighted by Gasteiger charge is 1.66. The average molecular weight is 110 g/mol. The molecular weight excluding hydrogens is 100 g/mol. The molecule has 0 aliphatic rings. The Hall–Kier alpha value is -1.05. The summed E-state index contributed by atoms with van der Waals surface area (Å²) in [4.78, 5) is 3.48. The minimum atomic E-state index is 0.768. The van der Waals surface area contributed by atoms with Crippen molar-refractivity contribution in [1.29, 1.82) is 0 Å². The standard InChI is InChI=1S/C6H10N2/c1-6(7)4-3-5-8-2/h3-5H,2,7H2,1H3/b5-3-,6-4-. The summed E-state index contributed by atoms with van der Waals surface area (Å²) in [5.74, 6) is 0. The van der Waals surface area contributed by atoms with E-state index in [-0.39, 0.29) is 0 Å². The third-order valence-electron chi connectivity index (χ3n) is 0.551. The number of rotatable bonds is 2. The lowest BCUT2D eigenvalue weighted by atomic mass is 10.4. The van der Waals surface area contributed by atoms with Crippen LogP contribution in [0, 0.1) is 0 Å². The van der Waals surface area contributed by atoms with Gasteiger partial charge in [-0.05, 0) is 25.8 Å². The van der Waals surface area contributed by atoms with E-state index in [4.69, 9.17) is 5.73 Å². The Morgan fingerprint density at radius 2 is 2.38 bits per heavy atom. The Kier molecular flexibility index (Phi) is 3.58. The van der Waals surface area contributed by atoms with Crippen LogP contribution >= 0.6 is 0 Å². The van der Waals surface area contributed by atoms with Gasteiger partial charge in [0, 0.05) is 11.9 Å². The summed E-state index contributed by atoms with van der Waals surface area (Å²) in [5, 5.41) is 0. The molecule has 0 radical (unpaired) electrons. The van der Waals surface area contributed by atoms with Crippen molar-refractivity contribution in [2.75, 3.05) is 0 Å². The summed E-state index contributed by atoms with van der Waals surface area (Å²) >= 11 is 0. The zero-order valence-electron chi connectivity index (χ0n) is 4.96. The van der Waals surface area contributed by atoms with Crippen molar-refractivity contribution in [2.24, 2.45) is 10.7 Å². The normalized spacial score (nSPS) is 12.4. The Labute approximate surface area is 49.4 Å². The molecule has 44 valence electrons. The van der Waals surface area contributed by atoms with Gasteiger partial charge in [-0.3, -0.25) is 4.99 Å². The van der Waals surface area contributed by atoms with Gasteiger partial charge in [-0.1, -0.05) is 0 Å². The van der Waals surface area contributed by atoms with Crippen LogP contribution in [0.5, 0.6) is 0 Å². The lowest BCUT2D eigenvalue weighted by molar-refractivity contribution is 1.31. The molecule has 0 heterocycles. The maximum Gasteiger partial charge on any atom is 0.0261 e. The van der Waals surface area contributed by atoms with Gasteiger partial charge in [-0.25, -0.2) is 0 Å². The third kappa shape index (κ3) is 4.95. The first-order valence-electron chi connectivity index (χ1n) is 2.32.